The first-order valence-electron chi connectivity index (χ1n) is 4.12. The van der Waals surface area contributed by atoms with Crippen molar-refractivity contribution in [2.75, 3.05) is 18.1 Å². The quantitative estimate of drug-likeness (QED) is 0.669. The van der Waals surface area contributed by atoms with Crippen molar-refractivity contribution >= 4 is 17.7 Å². The van der Waals surface area contributed by atoms with Crippen molar-refractivity contribution in [3.8, 4) is 0 Å². The monoisotopic (exact) mass is 190 g/mol. The Labute approximate surface area is 76.5 Å². The standard InChI is InChI=1S/C8H14O3S/c1-2-11-7(9)5-8(10)3-4-12-6-8/h10H,2-6H2,1H3. The first-order chi connectivity index (χ1) is 5.66. The summed E-state index contributed by atoms with van der Waals surface area (Å²) in [5, 5.41) is 9.77. The lowest BCUT2D eigenvalue weighted by Crippen LogP contribution is -2.32. The molecule has 0 aromatic rings. The second-order valence-electron chi connectivity index (χ2n) is 3.01. The number of rotatable bonds is 3. The van der Waals surface area contributed by atoms with Crippen molar-refractivity contribution in [1.82, 2.24) is 0 Å². The number of carbonyl (C=O) groups excluding carboxylic acids is 1. The van der Waals surface area contributed by atoms with Crippen LogP contribution >= 0.6 is 11.8 Å². The van der Waals surface area contributed by atoms with Gasteiger partial charge in [-0.25, -0.2) is 0 Å². The summed E-state index contributed by atoms with van der Waals surface area (Å²) in [5.41, 5.74) is -0.795. The molecule has 1 atom stereocenters. The Balaban J connectivity index is 2.33. The predicted molar refractivity (Wildman–Crippen MR) is 48.1 cm³/mol. The summed E-state index contributed by atoms with van der Waals surface area (Å²) in [6.07, 6.45) is 0.852. The van der Waals surface area contributed by atoms with Gasteiger partial charge >= 0.3 is 5.97 Å². The smallest absolute Gasteiger partial charge is 0.308 e. The van der Waals surface area contributed by atoms with Crippen LogP contribution in [-0.2, 0) is 9.53 Å². The van der Waals surface area contributed by atoms with Crippen LogP contribution in [0.3, 0.4) is 0 Å². The van der Waals surface area contributed by atoms with Crippen molar-refractivity contribution in [3.05, 3.63) is 0 Å². The number of esters is 1. The fourth-order valence-corrected chi connectivity index (χ4v) is 2.51. The summed E-state index contributed by atoms with van der Waals surface area (Å²) in [6, 6.07) is 0. The lowest BCUT2D eigenvalue weighted by atomic mass is 10.00. The number of aliphatic hydroxyl groups is 1. The second-order valence-corrected chi connectivity index (χ2v) is 4.11. The molecule has 1 heterocycles. The second kappa shape index (κ2) is 4.14. The zero-order valence-corrected chi connectivity index (χ0v) is 8.02. The van der Waals surface area contributed by atoms with Gasteiger partial charge in [-0.05, 0) is 19.1 Å². The summed E-state index contributed by atoms with van der Waals surface area (Å²) in [5.74, 6) is 1.31. The van der Waals surface area contributed by atoms with Gasteiger partial charge < -0.3 is 9.84 Å². The molecule has 1 aliphatic heterocycles. The lowest BCUT2D eigenvalue weighted by molar-refractivity contribution is -0.147. The van der Waals surface area contributed by atoms with Gasteiger partial charge in [0.05, 0.1) is 18.6 Å². The van der Waals surface area contributed by atoms with Crippen LogP contribution in [0.5, 0.6) is 0 Å². The highest BCUT2D eigenvalue weighted by molar-refractivity contribution is 7.99. The average molecular weight is 190 g/mol. The molecular formula is C8H14O3S. The highest BCUT2D eigenvalue weighted by atomic mass is 32.2. The summed E-state index contributed by atoms with van der Waals surface area (Å²) < 4.78 is 4.76. The first-order valence-corrected chi connectivity index (χ1v) is 5.27. The van der Waals surface area contributed by atoms with Crippen LogP contribution in [0, 0.1) is 0 Å². The lowest BCUT2D eigenvalue weighted by Gasteiger charge is -2.19. The maximum Gasteiger partial charge on any atom is 0.308 e. The molecule has 0 spiro atoms. The number of hydrogen-bond acceptors (Lipinski definition) is 4. The average Bonchev–Trinajstić information content (AvgIpc) is 2.36. The number of ether oxygens (including phenoxy) is 1. The molecule has 70 valence electrons. The molecule has 12 heavy (non-hydrogen) atoms. The van der Waals surface area contributed by atoms with Crippen molar-refractivity contribution in [2.24, 2.45) is 0 Å². The summed E-state index contributed by atoms with van der Waals surface area (Å²) in [7, 11) is 0. The van der Waals surface area contributed by atoms with E-state index in [1.807, 2.05) is 0 Å². The highest BCUT2D eigenvalue weighted by Gasteiger charge is 2.34. The van der Waals surface area contributed by atoms with E-state index in [2.05, 4.69) is 0 Å². The molecule has 0 aromatic heterocycles. The summed E-state index contributed by atoms with van der Waals surface area (Å²) in [4.78, 5) is 11.0. The van der Waals surface area contributed by atoms with E-state index in [9.17, 15) is 9.90 Å². The Morgan fingerprint density at radius 3 is 3.00 bits per heavy atom. The largest absolute Gasteiger partial charge is 0.466 e. The number of thioether (sulfide) groups is 1. The van der Waals surface area contributed by atoms with Crippen LogP contribution < -0.4 is 0 Å². The van der Waals surface area contributed by atoms with E-state index < -0.39 is 5.60 Å². The molecule has 1 saturated heterocycles. The summed E-state index contributed by atoms with van der Waals surface area (Å²) in [6.45, 7) is 2.16. The van der Waals surface area contributed by atoms with Gasteiger partial charge in [0.25, 0.3) is 0 Å². The van der Waals surface area contributed by atoms with Gasteiger partial charge in [-0.3, -0.25) is 4.79 Å². The van der Waals surface area contributed by atoms with Gasteiger partial charge in [0.15, 0.2) is 0 Å². The Bertz CT molecular complexity index is 164. The van der Waals surface area contributed by atoms with E-state index in [1.165, 1.54) is 0 Å². The molecule has 0 aliphatic carbocycles. The molecule has 0 aromatic carbocycles. The molecule has 1 fully saturated rings. The van der Waals surface area contributed by atoms with Crippen LogP contribution in [0.2, 0.25) is 0 Å². The Kier molecular flexibility index (Phi) is 3.40. The molecule has 0 amide bonds. The highest BCUT2D eigenvalue weighted by Crippen LogP contribution is 2.30. The van der Waals surface area contributed by atoms with Crippen LogP contribution in [0.1, 0.15) is 19.8 Å². The topological polar surface area (TPSA) is 46.5 Å². The van der Waals surface area contributed by atoms with E-state index in [0.717, 1.165) is 5.75 Å². The van der Waals surface area contributed by atoms with Gasteiger partial charge in [0, 0.05) is 5.75 Å². The van der Waals surface area contributed by atoms with Crippen molar-refractivity contribution in [1.29, 1.82) is 0 Å². The molecular weight excluding hydrogens is 176 g/mol. The Morgan fingerprint density at radius 1 is 1.75 bits per heavy atom. The third-order valence-corrected chi connectivity index (χ3v) is 3.10. The van der Waals surface area contributed by atoms with E-state index in [1.54, 1.807) is 18.7 Å². The fourth-order valence-electron chi connectivity index (χ4n) is 1.22. The number of hydrogen-bond donors (Lipinski definition) is 1. The van der Waals surface area contributed by atoms with Gasteiger partial charge in [-0.1, -0.05) is 0 Å². The summed E-state index contributed by atoms with van der Waals surface area (Å²) >= 11 is 1.68. The van der Waals surface area contributed by atoms with Crippen LogP contribution in [-0.4, -0.2) is 34.8 Å². The van der Waals surface area contributed by atoms with E-state index >= 15 is 0 Å². The van der Waals surface area contributed by atoms with Crippen LogP contribution in [0.4, 0.5) is 0 Å². The first kappa shape index (κ1) is 9.86. The SMILES string of the molecule is CCOC(=O)CC1(O)CCSC1. The molecule has 1 unspecified atom stereocenters. The van der Waals surface area contributed by atoms with Gasteiger partial charge in [-0.15, -0.1) is 0 Å². The normalized spacial score (nSPS) is 28.8. The molecule has 1 aliphatic rings. The minimum absolute atomic E-state index is 0.147. The van der Waals surface area contributed by atoms with Crippen LogP contribution in [0.15, 0.2) is 0 Å². The maximum atomic E-state index is 11.0. The molecule has 0 saturated carbocycles. The zero-order valence-electron chi connectivity index (χ0n) is 7.21. The van der Waals surface area contributed by atoms with E-state index in [-0.39, 0.29) is 12.4 Å². The predicted octanol–water partition coefficient (Wildman–Crippen LogP) is 0.808. The fraction of sp³-hybridized carbons (Fsp3) is 0.875. The van der Waals surface area contributed by atoms with Gasteiger partial charge in [-0.2, -0.15) is 11.8 Å². The van der Waals surface area contributed by atoms with E-state index in [4.69, 9.17) is 4.74 Å². The molecule has 0 radical (unpaired) electrons. The third-order valence-electron chi connectivity index (χ3n) is 1.86. The van der Waals surface area contributed by atoms with Crippen molar-refractivity contribution in [3.63, 3.8) is 0 Å². The minimum atomic E-state index is -0.795. The van der Waals surface area contributed by atoms with Crippen LogP contribution in [0.25, 0.3) is 0 Å². The Hall–Kier alpha value is -0.220. The molecule has 3 nitrogen and oxygen atoms in total. The van der Waals surface area contributed by atoms with Crippen molar-refractivity contribution < 1.29 is 14.6 Å². The third kappa shape index (κ3) is 2.68. The molecule has 1 rings (SSSR count). The molecule has 1 N–H and O–H groups in total. The van der Waals surface area contributed by atoms with Crippen molar-refractivity contribution in [2.45, 2.75) is 25.4 Å². The molecule has 4 heteroatoms. The van der Waals surface area contributed by atoms with E-state index in [0.29, 0.717) is 18.8 Å². The van der Waals surface area contributed by atoms with Gasteiger partial charge in [0.2, 0.25) is 0 Å². The minimum Gasteiger partial charge on any atom is -0.466 e. The Morgan fingerprint density at radius 2 is 2.50 bits per heavy atom. The van der Waals surface area contributed by atoms with Gasteiger partial charge in [0.1, 0.15) is 0 Å². The maximum absolute atomic E-state index is 11.0. The zero-order chi connectivity index (χ0) is 9.03. The molecule has 0 bridgehead atoms. The number of carbonyl (C=O) groups is 1.